The van der Waals surface area contributed by atoms with Crippen molar-refractivity contribution < 1.29 is 32.2 Å². The maximum absolute atomic E-state index is 14.3. The van der Waals surface area contributed by atoms with Gasteiger partial charge in [0, 0.05) is 18.7 Å². The van der Waals surface area contributed by atoms with Gasteiger partial charge in [-0.2, -0.15) is 0 Å². The van der Waals surface area contributed by atoms with Crippen LogP contribution in [0.2, 0.25) is 0 Å². The normalized spacial score (nSPS) is 11.9. The third-order valence-electron chi connectivity index (χ3n) is 7.02. The Morgan fingerprint density at radius 1 is 0.864 bits per heavy atom. The molecule has 0 radical (unpaired) electrons. The average Bonchev–Trinajstić information content (AvgIpc) is 2.98. The minimum absolute atomic E-state index is 0.0666. The second-order valence-electron chi connectivity index (χ2n) is 10.8. The quantitative estimate of drug-likeness (QED) is 0.272. The van der Waals surface area contributed by atoms with Gasteiger partial charge in [-0.05, 0) is 87.2 Å². The second-order valence-corrected chi connectivity index (χ2v) is 12.7. The van der Waals surface area contributed by atoms with E-state index in [4.69, 9.17) is 14.2 Å². The fraction of sp³-hybridized carbons (Fsp3) is 0.394. The fourth-order valence-electron chi connectivity index (χ4n) is 5.00. The molecule has 0 heterocycles. The lowest BCUT2D eigenvalue weighted by Crippen LogP contribution is -2.53. The molecule has 0 bridgehead atoms. The number of sulfonamides is 1. The fourth-order valence-corrected chi connectivity index (χ4v) is 6.41. The Morgan fingerprint density at radius 2 is 1.52 bits per heavy atom. The Hall–Kier alpha value is -4.25. The van der Waals surface area contributed by atoms with Crippen LogP contribution in [0.15, 0.2) is 65.6 Å². The molecular formula is C33H43N3O7S. The molecule has 238 valence electrons. The first kappa shape index (κ1) is 34.2. The molecule has 1 N–H and O–H groups in total. The highest BCUT2D eigenvalue weighted by atomic mass is 32.2. The van der Waals surface area contributed by atoms with Crippen LogP contribution in [0, 0.1) is 13.8 Å². The van der Waals surface area contributed by atoms with E-state index in [-0.39, 0.29) is 29.1 Å². The van der Waals surface area contributed by atoms with Gasteiger partial charge in [-0.15, -0.1) is 0 Å². The van der Waals surface area contributed by atoms with Crippen LogP contribution in [0.3, 0.4) is 0 Å². The summed E-state index contributed by atoms with van der Waals surface area (Å²) in [7, 11) is 0.131. The summed E-state index contributed by atoms with van der Waals surface area (Å²) in [5, 5.41) is 2.90. The van der Waals surface area contributed by atoms with E-state index in [1.165, 1.54) is 37.3 Å². The molecule has 0 aliphatic carbocycles. The molecule has 44 heavy (non-hydrogen) atoms. The van der Waals surface area contributed by atoms with Gasteiger partial charge in [-0.1, -0.05) is 25.1 Å². The van der Waals surface area contributed by atoms with Crippen LogP contribution in [0.1, 0.15) is 43.9 Å². The number of amides is 2. The van der Waals surface area contributed by atoms with Gasteiger partial charge in [-0.3, -0.25) is 13.9 Å². The summed E-state index contributed by atoms with van der Waals surface area (Å²) in [5.41, 5.74) is 2.72. The van der Waals surface area contributed by atoms with E-state index >= 15 is 0 Å². The first-order valence-electron chi connectivity index (χ1n) is 14.4. The number of benzene rings is 3. The Labute approximate surface area is 261 Å². The molecule has 0 saturated heterocycles. The maximum Gasteiger partial charge on any atom is 0.264 e. The molecule has 0 spiro atoms. The van der Waals surface area contributed by atoms with E-state index in [2.05, 4.69) is 5.32 Å². The highest BCUT2D eigenvalue weighted by Crippen LogP contribution is 2.33. The summed E-state index contributed by atoms with van der Waals surface area (Å²) in [6.07, 6.45) is 0.320. The Bertz CT molecular complexity index is 1550. The molecule has 3 aromatic carbocycles. The number of anilines is 1. The van der Waals surface area contributed by atoms with Gasteiger partial charge in [-0.25, -0.2) is 8.42 Å². The van der Waals surface area contributed by atoms with Gasteiger partial charge in [0.2, 0.25) is 11.8 Å². The van der Waals surface area contributed by atoms with E-state index in [1.54, 1.807) is 37.4 Å². The number of ether oxygens (including phenoxy) is 3. The molecular weight excluding hydrogens is 582 g/mol. The van der Waals surface area contributed by atoms with Crippen LogP contribution in [-0.4, -0.2) is 65.1 Å². The zero-order valence-electron chi connectivity index (χ0n) is 26.7. The molecule has 11 heteroatoms. The van der Waals surface area contributed by atoms with E-state index < -0.39 is 28.5 Å². The van der Waals surface area contributed by atoms with Crippen LogP contribution in [-0.2, 0) is 26.2 Å². The predicted molar refractivity (Wildman–Crippen MR) is 171 cm³/mol. The number of nitrogens with zero attached hydrogens (tertiary/aromatic N) is 2. The van der Waals surface area contributed by atoms with Crippen LogP contribution < -0.4 is 23.8 Å². The molecule has 10 nitrogen and oxygen atoms in total. The van der Waals surface area contributed by atoms with Crippen molar-refractivity contribution in [2.75, 3.05) is 32.2 Å². The zero-order valence-corrected chi connectivity index (χ0v) is 27.5. The summed E-state index contributed by atoms with van der Waals surface area (Å²) < 4.78 is 45.7. The maximum atomic E-state index is 14.3. The molecule has 1 atom stereocenters. The Morgan fingerprint density at radius 3 is 2.09 bits per heavy atom. The summed E-state index contributed by atoms with van der Waals surface area (Å²) >= 11 is 0. The molecule has 0 saturated carbocycles. The molecule has 0 aliphatic heterocycles. The van der Waals surface area contributed by atoms with Crippen molar-refractivity contribution in [3.05, 3.63) is 77.4 Å². The third-order valence-corrected chi connectivity index (χ3v) is 8.79. The average molecular weight is 626 g/mol. The third kappa shape index (κ3) is 8.22. The largest absolute Gasteiger partial charge is 0.497 e. The van der Waals surface area contributed by atoms with E-state index in [9.17, 15) is 18.0 Å². The smallest absolute Gasteiger partial charge is 0.264 e. The first-order valence-corrected chi connectivity index (χ1v) is 15.8. The van der Waals surface area contributed by atoms with Crippen molar-refractivity contribution in [3.63, 3.8) is 0 Å². The van der Waals surface area contributed by atoms with Crippen molar-refractivity contribution in [1.29, 1.82) is 0 Å². The number of rotatable bonds is 14. The van der Waals surface area contributed by atoms with Gasteiger partial charge in [0.25, 0.3) is 10.0 Å². The lowest BCUT2D eigenvalue weighted by molar-refractivity contribution is -0.140. The van der Waals surface area contributed by atoms with Gasteiger partial charge < -0.3 is 24.4 Å². The lowest BCUT2D eigenvalue weighted by Gasteiger charge is -2.33. The van der Waals surface area contributed by atoms with Crippen LogP contribution in [0.4, 0.5) is 5.69 Å². The number of carbonyl (C=O) groups is 2. The SMILES string of the molecule is CCC(C(=O)NC(C)C)N(Cc1cccc(OC)c1)C(=O)CN(c1cc(C)cc(C)c1)S(=O)(=O)c1ccc(OC)c(OC)c1. The topological polar surface area (TPSA) is 114 Å². The standard InChI is InChI=1S/C33H43N3O7S/c1-9-29(33(38)34-22(2)3)35(20-25-11-10-12-27(18-25)41-6)32(37)21-36(26-16-23(4)15-24(5)17-26)44(39,40)28-13-14-30(42-7)31(19-28)43-8/h10-19,22,29H,9,20-21H2,1-8H3,(H,34,38). The van der Waals surface area contributed by atoms with Gasteiger partial charge in [0.15, 0.2) is 11.5 Å². The van der Waals surface area contributed by atoms with Crippen LogP contribution in [0.25, 0.3) is 0 Å². The van der Waals surface area contributed by atoms with Gasteiger partial charge >= 0.3 is 0 Å². The Kier molecular flexibility index (Phi) is 11.6. The lowest BCUT2D eigenvalue weighted by atomic mass is 10.1. The van der Waals surface area contributed by atoms with Gasteiger partial charge in [0.05, 0.1) is 31.9 Å². The van der Waals surface area contributed by atoms with Crippen molar-refractivity contribution in [2.24, 2.45) is 0 Å². The highest BCUT2D eigenvalue weighted by Gasteiger charge is 2.34. The summed E-state index contributed by atoms with van der Waals surface area (Å²) in [5.74, 6) is 0.340. The molecule has 0 aromatic heterocycles. The monoisotopic (exact) mass is 625 g/mol. The van der Waals surface area contributed by atoms with Crippen molar-refractivity contribution >= 4 is 27.5 Å². The number of nitrogens with one attached hydrogen (secondary N) is 1. The number of aryl methyl sites for hydroxylation is 2. The molecule has 2 amide bonds. The molecule has 0 aliphatic rings. The minimum Gasteiger partial charge on any atom is -0.497 e. The number of methoxy groups -OCH3 is 3. The van der Waals surface area contributed by atoms with Crippen molar-refractivity contribution in [3.8, 4) is 17.2 Å². The summed E-state index contributed by atoms with van der Waals surface area (Å²) in [6.45, 7) is 8.74. The molecule has 3 rings (SSSR count). The van der Waals surface area contributed by atoms with E-state index in [1.807, 2.05) is 46.8 Å². The summed E-state index contributed by atoms with van der Waals surface area (Å²) in [6, 6.07) is 15.9. The Balaban J connectivity index is 2.15. The molecule has 3 aromatic rings. The number of hydrogen-bond donors (Lipinski definition) is 1. The van der Waals surface area contributed by atoms with E-state index in [0.717, 1.165) is 21.0 Å². The van der Waals surface area contributed by atoms with Crippen LogP contribution in [0.5, 0.6) is 17.2 Å². The molecule has 0 fully saturated rings. The van der Waals surface area contributed by atoms with Gasteiger partial charge in [0.1, 0.15) is 18.3 Å². The van der Waals surface area contributed by atoms with E-state index in [0.29, 0.717) is 23.6 Å². The van der Waals surface area contributed by atoms with Crippen molar-refractivity contribution in [2.45, 2.75) is 64.6 Å². The zero-order chi connectivity index (χ0) is 32.6. The first-order chi connectivity index (χ1) is 20.8. The number of carbonyl (C=O) groups excluding carboxylic acids is 2. The molecule has 1 unspecified atom stereocenters. The second kappa shape index (κ2) is 15.0. The predicted octanol–water partition coefficient (Wildman–Crippen LogP) is 4.86. The van der Waals surface area contributed by atoms with Crippen LogP contribution >= 0.6 is 0 Å². The number of hydrogen-bond acceptors (Lipinski definition) is 7. The van der Waals surface area contributed by atoms with Crippen molar-refractivity contribution in [1.82, 2.24) is 10.2 Å². The summed E-state index contributed by atoms with van der Waals surface area (Å²) in [4.78, 5) is 29.0. The minimum atomic E-state index is -4.30. The highest BCUT2D eigenvalue weighted by molar-refractivity contribution is 7.92.